The summed E-state index contributed by atoms with van der Waals surface area (Å²) in [5, 5.41) is 4.32. The van der Waals surface area contributed by atoms with Crippen LogP contribution in [-0.4, -0.2) is 52.7 Å². The molecule has 0 saturated carbocycles. The van der Waals surface area contributed by atoms with Crippen LogP contribution in [0, 0.1) is 6.92 Å². The van der Waals surface area contributed by atoms with Crippen LogP contribution in [0.2, 0.25) is 0 Å². The molecule has 1 fully saturated rings. The number of rotatable bonds is 7. The van der Waals surface area contributed by atoms with Crippen LogP contribution in [0.15, 0.2) is 53.3 Å². The van der Waals surface area contributed by atoms with Crippen LogP contribution in [0.25, 0.3) is 11.5 Å². The normalized spacial score (nSPS) is 18.8. The van der Waals surface area contributed by atoms with Gasteiger partial charge in [0, 0.05) is 39.2 Å². The number of amides is 1. The van der Waals surface area contributed by atoms with Gasteiger partial charge < -0.3 is 14.2 Å². The van der Waals surface area contributed by atoms with E-state index < -0.39 is 0 Å². The Morgan fingerprint density at radius 1 is 1.26 bits per heavy atom. The lowest BCUT2D eigenvalue weighted by molar-refractivity contribution is -0.133. The van der Waals surface area contributed by atoms with Gasteiger partial charge in [-0.2, -0.15) is 4.98 Å². The summed E-state index contributed by atoms with van der Waals surface area (Å²) in [6, 6.07) is 11.9. The number of methoxy groups -OCH3 is 1. The molecule has 3 heterocycles. The highest BCUT2D eigenvalue weighted by atomic mass is 16.5. The van der Waals surface area contributed by atoms with Gasteiger partial charge in [-0.3, -0.25) is 9.78 Å². The number of pyridine rings is 1. The lowest BCUT2D eigenvalue weighted by atomic mass is 9.76. The van der Waals surface area contributed by atoms with Crippen LogP contribution in [0.5, 0.6) is 0 Å². The number of aryl methyl sites for hydroxylation is 1. The van der Waals surface area contributed by atoms with Crippen molar-refractivity contribution in [2.75, 3.05) is 26.8 Å². The molecule has 0 bridgehead atoms. The van der Waals surface area contributed by atoms with Crippen molar-refractivity contribution in [3.05, 3.63) is 65.7 Å². The molecule has 0 spiro atoms. The summed E-state index contributed by atoms with van der Waals surface area (Å²) in [6.45, 7) is 3.92. The third-order valence-electron chi connectivity index (χ3n) is 6.00. The quantitative estimate of drug-likeness (QED) is 0.581. The molecule has 0 aliphatic carbocycles. The van der Waals surface area contributed by atoms with Crippen molar-refractivity contribution in [2.45, 2.75) is 38.0 Å². The van der Waals surface area contributed by atoms with Crippen LogP contribution < -0.4 is 0 Å². The Kier molecular flexibility index (Phi) is 6.42. The van der Waals surface area contributed by atoms with Crippen molar-refractivity contribution in [3.8, 4) is 11.5 Å². The minimum atomic E-state index is -0.388. The van der Waals surface area contributed by atoms with E-state index in [1.807, 2.05) is 48.2 Å². The monoisotopic (exact) mass is 420 g/mol. The predicted molar refractivity (Wildman–Crippen MR) is 116 cm³/mol. The van der Waals surface area contributed by atoms with Crippen molar-refractivity contribution >= 4 is 5.91 Å². The Morgan fingerprint density at radius 2 is 2.10 bits per heavy atom. The predicted octanol–water partition coefficient (Wildman–Crippen LogP) is 3.58. The second kappa shape index (κ2) is 9.39. The first kappa shape index (κ1) is 21.2. The molecule has 1 unspecified atom stereocenters. The number of carbonyl (C=O) groups excluding carboxylic acids is 1. The van der Waals surface area contributed by atoms with Crippen molar-refractivity contribution in [2.24, 2.45) is 0 Å². The van der Waals surface area contributed by atoms with E-state index in [0.717, 1.165) is 36.9 Å². The van der Waals surface area contributed by atoms with E-state index in [0.29, 0.717) is 31.3 Å². The topological polar surface area (TPSA) is 81.3 Å². The Hall–Kier alpha value is -3.06. The largest absolute Gasteiger partial charge is 0.385 e. The molecule has 4 rings (SSSR count). The minimum absolute atomic E-state index is 0.126. The number of benzene rings is 1. The molecule has 0 radical (unpaired) electrons. The van der Waals surface area contributed by atoms with Gasteiger partial charge in [0.25, 0.3) is 5.89 Å². The van der Waals surface area contributed by atoms with Crippen molar-refractivity contribution in [1.29, 1.82) is 0 Å². The maximum atomic E-state index is 13.1. The summed E-state index contributed by atoms with van der Waals surface area (Å²) in [5.41, 5.74) is 2.61. The molecule has 162 valence electrons. The zero-order valence-corrected chi connectivity index (χ0v) is 18.1. The van der Waals surface area contributed by atoms with E-state index >= 15 is 0 Å². The standard InChI is InChI=1S/C24H28N4O3/c1-18-6-8-19(9-7-18)15-21(29)28-13-4-10-24(17-28,11-14-30-2)23-26-22(31-27-23)20-5-3-12-25-16-20/h3,5-9,12,16H,4,10-11,13-15,17H2,1-2H3. The summed E-state index contributed by atoms with van der Waals surface area (Å²) >= 11 is 0. The summed E-state index contributed by atoms with van der Waals surface area (Å²) < 4.78 is 11.0. The van der Waals surface area contributed by atoms with E-state index in [1.165, 1.54) is 5.56 Å². The van der Waals surface area contributed by atoms with Crippen molar-refractivity contribution in [3.63, 3.8) is 0 Å². The van der Waals surface area contributed by atoms with Gasteiger partial charge >= 0.3 is 0 Å². The Balaban J connectivity index is 1.55. The van der Waals surface area contributed by atoms with Gasteiger partial charge in [0.1, 0.15) is 0 Å². The number of likely N-dealkylation sites (tertiary alicyclic amines) is 1. The van der Waals surface area contributed by atoms with E-state index in [2.05, 4.69) is 10.1 Å². The number of ether oxygens (including phenoxy) is 1. The number of hydrogen-bond donors (Lipinski definition) is 0. The maximum absolute atomic E-state index is 13.1. The molecule has 1 amide bonds. The van der Waals surface area contributed by atoms with Crippen LogP contribution in [0.4, 0.5) is 0 Å². The third-order valence-corrected chi connectivity index (χ3v) is 6.00. The average Bonchev–Trinajstić information content (AvgIpc) is 3.31. The molecule has 1 aliphatic heterocycles. The van der Waals surface area contributed by atoms with Gasteiger partial charge in [0.2, 0.25) is 5.91 Å². The fraction of sp³-hybridized carbons (Fsp3) is 0.417. The fourth-order valence-corrected chi connectivity index (χ4v) is 4.18. The highest BCUT2D eigenvalue weighted by Crippen LogP contribution is 2.37. The second-order valence-electron chi connectivity index (χ2n) is 8.27. The Bertz CT molecular complexity index is 1000. The van der Waals surface area contributed by atoms with Gasteiger partial charge in [-0.05, 0) is 43.9 Å². The van der Waals surface area contributed by atoms with Crippen LogP contribution in [-0.2, 0) is 21.4 Å². The molecular formula is C24H28N4O3. The average molecular weight is 421 g/mol. The summed E-state index contributed by atoms with van der Waals surface area (Å²) in [6.07, 6.45) is 6.31. The van der Waals surface area contributed by atoms with Crippen molar-refractivity contribution in [1.82, 2.24) is 20.0 Å². The number of nitrogens with zero attached hydrogens (tertiary/aromatic N) is 4. The number of hydrogen-bond acceptors (Lipinski definition) is 6. The second-order valence-corrected chi connectivity index (χ2v) is 8.27. The van der Waals surface area contributed by atoms with Gasteiger partial charge in [-0.25, -0.2) is 0 Å². The summed E-state index contributed by atoms with van der Waals surface area (Å²) in [4.78, 5) is 23.9. The molecule has 1 atom stereocenters. The van der Waals surface area contributed by atoms with E-state index in [-0.39, 0.29) is 11.3 Å². The maximum Gasteiger partial charge on any atom is 0.259 e. The molecule has 2 aromatic heterocycles. The fourth-order valence-electron chi connectivity index (χ4n) is 4.18. The molecule has 31 heavy (non-hydrogen) atoms. The smallest absolute Gasteiger partial charge is 0.259 e. The van der Waals surface area contributed by atoms with Crippen LogP contribution in [0.3, 0.4) is 0 Å². The molecule has 0 N–H and O–H groups in total. The van der Waals surface area contributed by atoms with Crippen molar-refractivity contribution < 1.29 is 14.1 Å². The van der Waals surface area contributed by atoms with E-state index in [1.54, 1.807) is 19.5 Å². The third kappa shape index (κ3) is 4.82. The molecule has 7 heteroatoms. The van der Waals surface area contributed by atoms with E-state index in [4.69, 9.17) is 14.2 Å². The molecule has 1 aliphatic rings. The van der Waals surface area contributed by atoms with Gasteiger partial charge in [-0.1, -0.05) is 35.0 Å². The Morgan fingerprint density at radius 3 is 2.84 bits per heavy atom. The van der Waals surface area contributed by atoms with Gasteiger partial charge in [0.15, 0.2) is 5.82 Å². The minimum Gasteiger partial charge on any atom is -0.385 e. The van der Waals surface area contributed by atoms with Gasteiger partial charge in [-0.15, -0.1) is 0 Å². The number of piperidine rings is 1. The first-order valence-electron chi connectivity index (χ1n) is 10.7. The highest BCUT2D eigenvalue weighted by molar-refractivity contribution is 5.79. The SMILES string of the molecule is COCCC1(c2noc(-c3cccnc3)n2)CCCN(C(=O)Cc2ccc(C)cc2)C1. The Labute approximate surface area is 182 Å². The first-order valence-corrected chi connectivity index (χ1v) is 10.7. The summed E-state index contributed by atoms with van der Waals surface area (Å²) in [7, 11) is 1.69. The zero-order chi connectivity index (χ0) is 21.7. The van der Waals surface area contributed by atoms with Crippen LogP contribution >= 0.6 is 0 Å². The molecule has 7 nitrogen and oxygen atoms in total. The molecular weight excluding hydrogens is 392 g/mol. The highest BCUT2D eigenvalue weighted by Gasteiger charge is 2.42. The lowest BCUT2D eigenvalue weighted by Gasteiger charge is -2.41. The van der Waals surface area contributed by atoms with E-state index in [9.17, 15) is 4.79 Å². The molecule has 1 aromatic carbocycles. The first-order chi connectivity index (χ1) is 15.1. The number of aromatic nitrogens is 3. The molecule has 3 aromatic rings. The zero-order valence-electron chi connectivity index (χ0n) is 18.1. The van der Waals surface area contributed by atoms with Crippen LogP contribution in [0.1, 0.15) is 36.2 Å². The van der Waals surface area contributed by atoms with Gasteiger partial charge in [0.05, 0.1) is 17.4 Å². The molecule has 1 saturated heterocycles. The summed E-state index contributed by atoms with van der Waals surface area (Å²) in [5.74, 6) is 1.21. The number of carbonyl (C=O) groups is 1. The lowest BCUT2D eigenvalue weighted by Crippen LogP contribution is -2.50.